The summed E-state index contributed by atoms with van der Waals surface area (Å²) in [4.78, 5) is 11.9. The molecule has 2 atom stereocenters. The van der Waals surface area contributed by atoms with Crippen molar-refractivity contribution in [3.63, 3.8) is 0 Å². The number of anilines is 1. The number of amides is 1. The largest absolute Gasteiger partial charge is 0.365 e. The van der Waals surface area contributed by atoms with Crippen LogP contribution in [0.2, 0.25) is 0 Å². The smallest absolute Gasteiger partial charge is 0.253 e. The molecule has 1 fully saturated rings. The Hall–Kier alpha value is -1.44. The molecule has 104 valence electrons. The van der Waals surface area contributed by atoms with E-state index in [-0.39, 0.29) is 16.9 Å². The van der Waals surface area contributed by atoms with Crippen molar-refractivity contribution in [2.45, 2.75) is 36.9 Å². The third-order valence-electron chi connectivity index (χ3n) is 2.95. The van der Waals surface area contributed by atoms with Crippen molar-refractivity contribution in [3.8, 4) is 0 Å². The Balaban J connectivity index is 2.09. The lowest BCUT2D eigenvalue weighted by atomic mass is 10.2. The molecule has 1 aliphatic rings. The first-order chi connectivity index (χ1) is 8.86. The molecule has 2 unspecified atom stereocenters. The summed E-state index contributed by atoms with van der Waals surface area (Å²) in [5, 5.41) is 7.66. The normalized spacial score (nSPS) is 23.3. The van der Waals surface area contributed by atoms with E-state index in [1.165, 1.54) is 18.2 Å². The van der Waals surface area contributed by atoms with Gasteiger partial charge < -0.3 is 10.1 Å². The van der Waals surface area contributed by atoms with Crippen LogP contribution in [0.25, 0.3) is 0 Å². The van der Waals surface area contributed by atoms with Crippen LogP contribution in [0.1, 0.15) is 19.8 Å². The molecule has 3 N–H and O–H groups in total. The van der Waals surface area contributed by atoms with Gasteiger partial charge in [-0.25, -0.2) is 13.6 Å². The van der Waals surface area contributed by atoms with Gasteiger partial charge in [-0.05, 0) is 38.0 Å². The minimum absolute atomic E-state index is 0.0361. The molecule has 2 rings (SSSR count). The van der Waals surface area contributed by atoms with Crippen LogP contribution < -0.4 is 10.5 Å². The summed E-state index contributed by atoms with van der Waals surface area (Å²) in [6.07, 6.45) is 1.11. The van der Waals surface area contributed by atoms with Gasteiger partial charge in [-0.3, -0.25) is 4.79 Å². The monoisotopic (exact) mass is 284 g/mol. The molecule has 0 spiro atoms. The van der Waals surface area contributed by atoms with E-state index in [2.05, 4.69) is 5.32 Å². The Morgan fingerprint density at radius 2 is 2.16 bits per heavy atom. The molecule has 0 aliphatic carbocycles. The second-order valence-corrected chi connectivity index (χ2v) is 6.14. The first-order valence-electron chi connectivity index (χ1n) is 5.95. The summed E-state index contributed by atoms with van der Waals surface area (Å²) in [5.41, 5.74) is 0.389. The van der Waals surface area contributed by atoms with Gasteiger partial charge in [-0.2, -0.15) is 0 Å². The number of sulfonamides is 1. The van der Waals surface area contributed by atoms with Crippen LogP contribution in [-0.2, 0) is 19.6 Å². The van der Waals surface area contributed by atoms with Crippen LogP contribution in [0.5, 0.6) is 0 Å². The summed E-state index contributed by atoms with van der Waals surface area (Å²) in [7, 11) is -3.77. The predicted octanol–water partition coefficient (Wildman–Crippen LogP) is 0.840. The zero-order chi connectivity index (χ0) is 14.0. The number of ether oxygens (including phenoxy) is 1. The Morgan fingerprint density at radius 1 is 1.42 bits per heavy atom. The first-order valence-corrected chi connectivity index (χ1v) is 7.50. The fourth-order valence-electron chi connectivity index (χ4n) is 1.97. The number of hydrogen-bond donors (Lipinski definition) is 2. The average Bonchev–Trinajstić information content (AvgIpc) is 2.75. The SMILES string of the molecule is CC1CCC(C(=O)Nc2cccc(S(N)(=O)=O)c2)O1. The number of primary sulfonamides is 1. The van der Waals surface area contributed by atoms with E-state index in [0.29, 0.717) is 12.1 Å². The van der Waals surface area contributed by atoms with Crippen molar-refractivity contribution in [3.05, 3.63) is 24.3 Å². The number of hydrogen-bond acceptors (Lipinski definition) is 4. The molecule has 0 radical (unpaired) electrons. The Labute approximate surface area is 112 Å². The highest BCUT2D eigenvalue weighted by atomic mass is 32.2. The first kappa shape index (κ1) is 14.0. The number of benzene rings is 1. The minimum atomic E-state index is -3.77. The molecule has 0 aromatic heterocycles. The van der Waals surface area contributed by atoms with Gasteiger partial charge in [0, 0.05) is 5.69 Å². The highest BCUT2D eigenvalue weighted by Crippen LogP contribution is 2.21. The molecular weight excluding hydrogens is 268 g/mol. The lowest BCUT2D eigenvalue weighted by Gasteiger charge is -2.12. The number of nitrogens with two attached hydrogens (primary N) is 1. The number of nitrogens with one attached hydrogen (secondary N) is 1. The van der Waals surface area contributed by atoms with Gasteiger partial charge in [-0.1, -0.05) is 6.07 Å². The number of rotatable bonds is 3. The Kier molecular flexibility index (Phi) is 3.88. The quantitative estimate of drug-likeness (QED) is 0.859. The van der Waals surface area contributed by atoms with Gasteiger partial charge in [-0.15, -0.1) is 0 Å². The van der Waals surface area contributed by atoms with Crippen LogP contribution >= 0.6 is 0 Å². The second kappa shape index (κ2) is 5.28. The summed E-state index contributed by atoms with van der Waals surface area (Å²) in [6.45, 7) is 1.91. The number of carbonyl (C=O) groups is 1. The molecule has 19 heavy (non-hydrogen) atoms. The minimum Gasteiger partial charge on any atom is -0.365 e. The average molecular weight is 284 g/mol. The van der Waals surface area contributed by atoms with Crippen molar-refractivity contribution in [1.29, 1.82) is 0 Å². The standard InChI is InChI=1S/C12H16N2O4S/c1-8-5-6-11(18-8)12(15)14-9-3-2-4-10(7-9)19(13,16)17/h2-4,7-8,11H,5-6H2,1H3,(H,14,15)(H2,13,16,17). The Morgan fingerprint density at radius 3 is 2.74 bits per heavy atom. The van der Waals surface area contributed by atoms with E-state index in [4.69, 9.17) is 9.88 Å². The van der Waals surface area contributed by atoms with Crippen molar-refractivity contribution >= 4 is 21.6 Å². The van der Waals surface area contributed by atoms with Gasteiger partial charge in [0.1, 0.15) is 6.10 Å². The fraction of sp³-hybridized carbons (Fsp3) is 0.417. The van der Waals surface area contributed by atoms with Crippen molar-refractivity contribution in [2.75, 3.05) is 5.32 Å². The highest BCUT2D eigenvalue weighted by molar-refractivity contribution is 7.89. The van der Waals surface area contributed by atoms with Gasteiger partial charge in [0.25, 0.3) is 5.91 Å². The van der Waals surface area contributed by atoms with Crippen LogP contribution in [0.4, 0.5) is 5.69 Å². The summed E-state index contributed by atoms with van der Waals surface area (Å²) in [5.74, 6) is -0.268. The van der Waals surface area contributed by atoms with E-state index in [9.17, 15) is 13.2 Å². The Bertz CT molecular complexity index is 585. The molecule has 1 aromatic carbocycles. The fourth-order valence-corrected chi connectivity index (χ4v) is 2.53. The van der Waals surface area contributed by atoms with Crippen molar-refractivity contribution < 1.29 is 17.9 Å². The van der Waals surface area contributed by atoms with E-state index in [1.807, 2.05) is 6.92 Å². The molecule has 0 saturated carbocycles. The predicted molar refractivity (Wildman–Crippen MR) is 70.0 cm³/mol. The molecule has 1 heterocycles. The summed E-state index contributed by atoms with van der Waals surface area (Å²) < 4.78 is 27.9. The van der Waals surface area contributed by atoms with Gasteiger partial charge in [0.15, 0.2) is 0 Å². The van der Waals surface area contributed by atoms with Gasteiger partial charge in [0.2, 0.25) is 10.0 Å². The van der Waals surface area contributed by atoms with E-state index in [1.54, 1.807) is 6.07 Å². The molecule has 1 aromatic rings. The zero-order valence-corrected chi connectivity index (χ0v) is 11.3. The van der Waals surface area contributed by atoms with E-state index in [0.717, 1.165) is 6.42 Å². The molecule has 1 aliphatic heterocycles. The van der Waals surface area contributed by atoms with Crippen LogP contribution in [0.15, 0.2) is 29.2 Å². The number of carbonyl (C=O) groups excluding carboxylic acids is 1. The lowest BCUT2D eigenvalue weighted by molar-refractivity contribution is -0.126. The molecular formula is C12H16N2O4S. The van der Waals surface area contributed by atoms with Crippen LogP contribution in [0.3, 0.4) is 0 Å². The third kappa shape index (κ3) is 3.52. The summed E-state index contributed by atoms with van der Waals surface area (Å²) in [6, 6.07) is 5.82. The molecule has 6 nitrogen and oxygen atoms in total. The molecule has 7 heteroatoms. The van der Waals surface area contributed by atoms with Gasteiger partial charge >= 0.3 is 0 Å². The zero-order valence-electron chi connectivity index (χ0n) is 10.5. The van der Waals surface area contributed by atoms with Crippen LogP contribution in [-0.4, -0.2) is 26.5 Å². The van der Waals surface area contributed by atoms with Crippen molar-refractivity contribution in [2.24, 2.45) is 5.14 Å². The van der Waals surface area contributed by atoms with E-state index >= 15 is 0 Å². The topological polar surface area (TPSA) is 98.5 Å². The van der Waals surface area contributed by atoms with Crippen LogP contribution in [0, 0.1) is 0 Å². The molecule has 0 bridgehead atoms. The van der Waals surface area contributed by atoms with Crippen molar-refractivity contribution in [1.82, 2.24) is 0 Å². The van der Waals surface area contributed by atoms with E-state index < -0.39 is 16.1 Å². The third-order valence-corrected chi connectivity index (χ3v) is 3.87. The van der Waals surface area contributed by atoms with Gasteiger partial charge in [0.05, 0.1) is 11.0 Å². The maximum Gasteiger partial charge on any atom is 0.253 e. The second-order valence-electron chi connectivity index (χ2n) is 4.57. The lowest BCUT2D eigenvalue weighted by Crippen LogP contribution is -2.27. The molecule has 1 saturated heterocycles. The summed E-state index contributed by atoms with van der Waals surface area (Å²) >= 11 is 0. The maximum absolute atomic E-state index is 11.9. The maximum atomic E-state index is 11.9. The molecule has 1 amide bonds. The highest BCUT2D eigenvalue weighted by Gasteiger charge is 2.28.